The molecule has 0 atom stereocenters. The topological polar surface area (TPSA) is 52.6 Å². The molecule has 1 aliphatic rings. The van der Waals surface area contributed by atoms with E-state index in [2.05, 4.69) is 13.8 Å². The molecule has 0 amide bonds. The predicted molar refractivity (Wildman–Crippen MR) is 91.2 cm³/mol. The van der Waals surface area contributed by atoms with Crippen LogP contribution >= 0.6 is 0 Å². The molecular weight excluding hydrogens is 304 g/mol. The molecule has 4 nitrogen and oxygen atoms in total. The number of fused-ring (bicyclic) bond motifs is 1. The number of hydrogen-bond acceptors (Lipinski definition) is 4. The lowest BCUT2D eigenvalue weighted by molar-refractivity contribution is 0.0920. The van der Waals surface area contributed by atoms with Gasteiger partial charge in [0.1, 0.15) is 17.8 Å². The van der Waals surface area contributed by atoms with Gasteiger partial charge in [0.2, 0.25) is 0 Å². The molecular formula is C20H20O4. The molecule has 4 heteroatoms. The molecule has 2 aromatic carbocycles. The third kappa shape index (κ3) is 3.32. The summed E-state index contributed by atoms with van der Waals surface area (Å²) in [4.78, 5) is 23.0. The lowest BCUT2D eigenvalue weighted by atomic mass is 9.79. The van der Waals surface area contributed by atoms with Crippen molar-refractivity contribution in [2.75, 3.05) is 13.2 Å². The second-order valence-corrected chi connectivity index (χ2v) is 6.59. The molecule has 0 unspecified atom stereocenters. The van der Waals surface area contributed by atoms with Crippen molar-refractivity contribution in [3.05, 3.63) is 59.2 Å². The number of carbonyl (C=O) groups is 2. The maximum Gasteiger partial charge on any atom is 0.200 e. The fourth-order valence-electron chi connectivity index (χ4n) is 2.80. The van der Waals surface area contributed by atoms with E-state index in [1.54, 1.807) is 30.3 Å². The van der Waals surface area contributed by atoms with Gasteiger partial charge in [-0.1, -0.05) is 26.0 Å². The van der Waals surface area contributed by atoms with Gasteiger partial charge in [-0.05, 0) is 47.7 Å². The summed E-state index contributed by atoms with van der Waals surface area (Å²) in [5, 5.41) is 0. The Kier molecular flexibility index (Phi) is 4.38. The maximum atomic E-state index is 12.4. The van der Waals surface area contributed by atoms with Gasteiger partial charge in [-0.15, -0.1) is 0 Å². The monoisotopic (exact) mass is 324 g/mol. The van der Waals surface area contributed by atoms with Crippen molar-refractivity contribution in [2.24, 2.45) is 0 Å². The van der Waals surface area contributed by atoms with Crippen molar-refractivity contribution in [3.8, 4) is 11.5 Å². The molecule has 0 saturated heterocycles. The van der Waals surface area contributed by atoms with Crippen LogP contribution in [0.15, 0.2) is 42.5 Å². The highest BCUT2D eigenvalue weighted by atomic mass is 16.5. The first-order valence-electron chi connectivity index (χ1n) is 7.98. The second kappa shape index (κ2) is 6.48. The van der Waals surface area contributed by atoms with Gasteiger partial charge in [0.05, 0.1) is 6.61 Å². The van der Waals surface area contributed by atoms with Crippen molar-refractivity contribution in [2.45, 2.75) is 25.7 Å². The number of hydrogen-bond donors (Lipinski definition) is 0. The number of ketones is 1. The summed E-state index contributed by atoms with van der Waals surface area (Å²) in [6.45, 7) is 4.98. The van der Waals surface area contributed by atoms with Crippen LogP contribution in [0.5, 0.6) is 11.5 Å². The van der Waals surface area contributed by atoms with Crippen molar-refractivity contribution in [1.82, 2.24) is 0 Å². The van der Waals surface area contributed by atoms with Gasteiger partial charge < -0.3 is 9.47 Å². The number of carbonyl (C=O) groups excluding carboxylic acids is 2. The van der Waals surface area contributed by atoms with Crippen LogP contribution in [0.2, 0.25) is 0 Å². The quantitative estimate of drug-likeness (QED) is 0.620. The van der Waals surface area contributed by atoms with Crippen LogP contribution in [0.3, 0.4) is 0 Å². The summed E-state index contributed by atoms with van der Waals surface area (Å²) in [5.74, 6) is 1.24. The van der Waals surface area contributed by atoms with Gasteiger partial charge in [0.25, 0.3) is 0 Å². The van der Waals surface area contributed by atoms with Crippen LogP contribution in [0.25, 0.3) is 0 Å². The van der Waals surface area contributed by atoms with Crippen molar-refractivity contribution >= 4 is 12.1 Å². The highest BCUT2D eigenvalue weighted by Crippen LogP contribution is 2.38. The van der Waals surface area contributed by atoms with Crippen LogP contribution in [-0.2, 0) is 5.41 Å². The minimum atomic E-state index is -0.107. The number of Topliss-reactive ketones (excluding diaryl/α,β-unsaturated/α-hetero) is 1. The summed E-state index contributed by atoms with van der Waals surface area (Å²) in [6, 6.07) is 12.3. The van der Waals surface area contributed by atoms with Gasteiger partial charge in [-0.3, -0.25) is 9.59 Å². The van der Waals surface area contributed by atoms with E-state index in [4.69, 9.17) is 9.47 Å². The van der Waals surface area contributed by atoms with Crippen LogP contribution in [0.1, 0.15) is 46.5 Å². The molecule has 0 N–H and O–H groups in total. The first kappa shape index (κ1) is 16.2. The summed E-state index contributed by atoms with van der Waals surface area (Å²) >= 11 is 0. The third-order valence-corrected chi connectivity index (χ3v) is 4.40. The van der Waals surface area contributed by atoms with Gasteiger partial charge >= 0.3 is 0 Å². The third-order valence-electron chi connectivity index (χ3n) is 4.40. The highest BCUT2D eigenvalue weighted by molar-refractivity contribution is 5.97. The van der Waals surface area contributed by atoms with Gasteiger partial charge in [0.15, 0.2) is 12.4 Å². The lowest BCUT2D eigenvalue weighted by Gasteiger charge is -2.32. The molecule has 1 heterocycles. The van der Waals surface area contributed by atoms with E-state index in [1.807, 2.05) is 12.1 Å². The molecule has 0 fully saturated rings. The van der Waals surface area contributed by atoms with Crippen LogP contribution < -0.4 is 9.47 Å². The molecule has 0 radical (unpaired) electrons. The molecule has 2 aromatic rings. The summed E-state index contributed by atoms with van der Waals surface area (Å²) in [6.07, 6.45) is 1.73. The van der Waals surface area contributed by atoms with E-state index in [0.717, 1.165) is 24.0 Å². The largest absolute Gasteiger partial charge is 0.493 e. The number of ether oxygens (including phenoxy) is 2. The van der Waals surface area contributed by atoms with E-state index in [9.17, 15) is 9.59 Å². The smallest absolute Gasteiger partial charge is 0.200 e. The second-order valence-electron chi connectivity index (χ2n) is 6.59. The molecule has 1 aliphatic heterocycles. The fraction of sp³-hybridized carbons (Fsp3) is 0.300. The minimum absolute atomic E-state index is 0.0530. The van der Waals surface area contributed by atoms with Gasteiger partial charge in [-0.25, -0.2) is 0 Å². The van der Waals surface area contributed by atoms with Gasteiger partial charge in [-0.2, -0.15) is 0 Å². The molecule has 0 spiro atoms. The van der Waals surface area contributed by atoms with Crippen LogP contribution in [-0.4, -0.2) is 25.3 Å². The Morgan fingerprint density at radius 3 is 2.67 bits per heavy atom. The first-order chi connectivity index (χ1) is 11.5. The fourth-order valence-corrected chi connectivity index (χ4v) is 2.80. The number of rotatable bonds is 5. The molecule has 3 rings (SSSR count). The Balaban J connectivity index is 1.70. The molecule has 0 aliphatic carbocycles. The molecule has 0 saturated carbocycles. The lowest BCUT2D eigenvalue weighted by Crippen LogP contribution is -2.27. The van der Waals surface area contributed by atoms with E-state index in [0.29, 0.717) is 23.5 Å². The van der Waals surface area contributed by atoms with Crippen molar-refractivity contribution in [3.63, 3.8) is 0 Å². The van der Waals surface area contributed by atoms with Gasteiger partial charge in [0, 0.05) is 11.1 Å². The number of aldehydes is 1. The van der Waals surface area contributed by atoms with Crippen molar-refractivity contribution < 1.29 is 19.1 Å². The zero-order valence-electron chi connectivity index (χ0n) is 13.9. The Morgan fingerprint density at radius 1 is 1.21 bits per heavy atom. The maximum absolute atomic E-state index is 12.4. The van der Waals surface area contributed by atoms with Crippen LogP contribution in [0, 0.1) is 0 Å². The molecule has 0 aromatic heterocycles. The minimum Gasteiger partial charge on any atom is -0.493 e. The summed E-state index contributed by atoms with van der Waals surface area (Å²) < 4.78 is 11.2. The zero-order valence-corrected chi connectivity index (χ0v) is 13.9. The summed E-state index contributed by atoms with van der Waals surface area (Å²) in [5.41, 5.74) is 2.35. The SMILES string of the molecule is CC1(C)CCOc2cc(C(=O)COc3ccc(C=O)cc3)ccc21. The Labute approximate surface area is 141 Å². The summed E-state index contributed by atoms with van der Waals surface area (Å²) in [7, 11) is 0. The Bertz CT molecular complexity index is 760. The van der Waals surface area contributed by atoms with Crippen LogP contribution in [0.4, 0.5) is 0 Å². The molecule has 24 heavy (non-hydrogen) atoms. The van der Waals surface area contributed by atoms with Crippen molar-refractivity contribution in [1.29, 1.82) is 0 Å². The van der Waals surface area contributed by atoms with E-state index in [-0.39, 0.29) is 17.8 Å². The highest BCUT2D eigenvalue weighted by Gasteiger charge is 2.29. The first-order valence-corrected chi connectivity index (χ1v) is 7.98. The number of benzene rings is 2. The van der Waals surface area contributed by atoms with E-state index >= 15 is 0 Å². The Morgan fingerprint density at radius 2 is 1.96 bits per heavy atom. The molecule has 0 bridgehead atoms. The normalized spacial score (nSPS) is 15.1. The van der Waals surface area contributed by atoms with E-state index in [1.165, 1.54) is 0 Å². The van der Waals surface area contributed by atoms with E-state index < -0.39 is 0 Å². The average Bonchev–Trinajstić information content (AvgIpc) is 2.59. The standard InChI is InChI=1S/C20H20O4/c1-20(2)9-10-23-19-11-15(5-8-17(19)20)18(22)13-24-16-6-3-14(12-21)4-7-16/h3-8,11-12H,9-10,13H2,1-2H3. The predicted octanol–water partition coefficient (Wildman–Crippen LogP) is 3.82. The Hall–Kier alpha value is -2.62. The zero-order chi connectivity index (χ0) is 17.2. The average molecular weight is 324 g/mol. The molecule has 124 valence electrons.